The fraction of sp³-hybridized carbons (Fsp3) is 0.412. The van der Waals surface area contributed by atoms with Gasteiger partial charge in [-0.05, 0) is 43.0 Å². The summed E-state index contributed by atoms with van der Waals surface area (Å²) in [6.45, 7) is 7.01. The molecule has 1 aromatic rings. The first kappa shape index (κ1) is 19.8. The van der Waals surface area contributed by atoms with Crippen molar-refractivity contribution in [1.82, 2.24) is 5.32 Å². The van der Waals surface area contributed by atoms with Crippen LogP contribution < -0.4 is 5.32 Å². The Balaban J connectivity index is 2.39. The second-order valence-corrected chi connectivity index (χ2v) is 7.39. The van der Waals surface area contributed by atoms with Gasteiger partial charge in [0.15, 0.2) is 6.34 Å². The summed E-state index contributed by atoms with van der Waals surface area (Å²) in [7, 11) is 1.69. The van der Waals surface area contributed by atoms with Crippen LogP contribution in [0.15, 0.2) is 38.8 Å². The fourth-order valence-electron chi connectivity index (χ4n) is 2.40. The number of benzene rings is 1. The average molecular weight is 387 g/mol. The van der Waals surface area contributed by atoms with Crippen LogP contribution in [0.2, 0.25) is 0 Å². The van der Waals surface area contributed by atoms with E-state index in [1.807, 2.05) is 27.1 Å². The predicted molar refractivity (Wildman–Crippen MR) is 101 cm³/mol. The molecule has 0 fully saturated rings. The van der Waals surface area contributed by atoms with Crippen LogP contribution in [0.25, 0.3) is 0 Å². The van der Waals surface area contributed by atoms with Crippen LogP contribution in [0.5, 0.6) is 0 Å². The third-order valence-electron chi connectivity index (χ3n) is 3.83. The number of aliphatic imine (C=N–C) groups is 1. The number of halogens is 2. The van der Waals surface area contributed by atoms with Crippen LogP contribution in [0.4, 0.5) is 8.78 Å². The Morgan fingerprint density at radius 3 is 2.48 bits per heavy atom. The van der Waals surface area contributed by atoms with E-state index in [0.29, 0.717) is 21.1 Å². The summed E-state index contributed by atoms with van der Waals surface area (Å²) in [6.07, 6.45) is 1.81. The number of thioether (sulfide) groups is 1. The minimum Gasteiger partial charge on any atom is -0.419 e. The number of hydrogen-bond donors (Lipinski definition) is 1. The molecule has 1 unspecified atom stereocenters. The number of nitrogens with zero attached hydrogens (tertiary/aromatic N) is 2. The van der Waals surface area contributed by atoms with E-state index in [0.717, 1.165) is 16.8 Å². The second-order valence-electron chi connectivity index (χ2n) is 5.96. The molecule has 1 atom stereocenters. The quantitative estimate of drug-likeness (QED) is 0.586. The van der Waals surface area contributed by atoms with Crippen molar-refractivity contribution in [2.75, 3.05) is 20.3 Å². The largest absolute Gasteiger partial charge is 0.419 e. The number of ether oxygens (including phenoxy) is 1. The molecule has 0 saturated carbocycles. The fourth-order valence-corrected chi connectivity index (χ4v) is 3.82. The van der Waals surface area contributed by atoms with Crippen molar-refractivity contribution in [1.29, 1.82) is 0 Å². The van der Waals surface area contributed by atoms with Gasteiger partial charge in [0, 0.05) is 23.9 Å². The highest BCUT2D eigenvalue weighted by Gasteiger charge is 2.40. The van der Waals surface area contributed by atoms with Gasteiger partial charge in [0.05, 0.1) is 6.54 Å². The van der Waals surface area contributed by atoms with Gasteiger partial charge >= 0.3 is 0 Å². The summed E-state index contributed by atoms with van der Waals surface area (Å²) in [5.74, 6) is -1.04. The molecule has 1 aliphatic rings. The Morgan fingerprint density at radius 2 is 1.96 bits per heavy atom. The standard InChI is InChI=1S/C17H21F2N3OS2/c1-5-22(10-23-17(24)20-4)9-21-15(11(2)3)16(22)25-14-7-12(18)6-13(19)8-14/h6-9,11H,5,10H2,1-4H3/p+1. The van der Waals surface area contributed by atoms with E-state index in [-0.39, 0.29) is 12.6 Å². The van der Waals surface area contributed by atoms with Crippen LogP contribution in [0, 0.1) is 17.6 Å². The lowest BCUT2D eigenvalue weighted by Gasteiger charge is -2.30. The van der Waals surface area contributed by atoms with Gasteiger partial charge in [-0.2, -0.15) is 0 Å². The average Bonchev–Trinajstić information content (AvgIpc) is 2.90. The summed E-state index contributed by atoms with van der Waals surface area (Å²) in [6, 6.07) is 3.50. The van der Waals surface area contributed by atoms with E-state index in [4.69, 9.17) is 17.0 Å². The van der Waals surface area contributed by atoms with Gasteiger partial charge in [-0.25, -0.2) is 18.3 Å². The monoisotopic (exact) mass is 386 g/mol. The van der Waals surface area contributed by atoms with Crippen molar-refractivity contribution < 1.29 is 18.0 Å². The molecule has 25 heavy (non-hydrogen) atoms. The van der Waals surface area contributed by atoms with Gasteiger partial charge in [-0.3, -0.25) is 0 Å². The second kappa shape index (κ2) is 8.25. The minimum atomic E-state index is -0.602. The van der Waals surface area contributed by atoms with Gasteiger partial charge < -0.3 is 10.1 Å². The normalized spacial score (nSPS) is 19.6. The first-order valence-corrected chi connectivity index (χ1v) is 9.19. The summed E-state index contributed by atoms with van der Waals surface area (Å²) in [5, 5.41) is 3.96. The minimum absolute atomic E-state index is 0.167. The molecule has 1 aromatic carbocycles. The number of hydrogen-bond acceptors (Lipinski definition) is 4. The van der Waals surface area contributed by atoms with E-state index < -0.39 is 11.6 Å². The van der Waals surface area contributed by atoms with Crippen LogP contribution >= 0.6 is 24.0 Å². The number of rotatable bonds is 6. The molecule has 1 aliphatic heterocycles. The zero-order chi connectivity index (χ0) is 18.6. The Hall–Kier alpha value is -1.51. The van der Waals surface area contributed by atoms with Gasteiger partial charge in [-0.15, -0.1) is 0 Å². The molecule has 136 valence electrons. The summed E-state index contributed by atoms with van der Waals surface area (Å²) in [5.41, 5.74) is 0.885. The van der Waals surface area contributed by atoms with Gasteiger partial charge in [0.2, 0.25) is 11.8 Å². The molecule has 0 bridgehead atoms. The third-order valence-corrected chi connectivity index (χ3v) is 5.39. The van der Waals surface area contributed by atoms with E-state index in [2.05, 4.69) is 10.3 Å². The maximum atomic E-state index is 13.6. The van der Waals surface area contributed by atoms with Crippen molar-refractivity contribution >= 4 is 35.5 Å². The Bertz CT molecular complexity index is 702. The van der Waals surface area contributed by atoms with Crippen LogP contribution in [0.1, 0.15) is 20.8 Å². The van der Waals surface area contributed by atoms with Crippen molar-refractivity contribution in [3.63, 3.8) is 0 Å². The van der Waals surface area contributed by atoms with Crippen LogP contribution in [0.3, 0.4) is 0 Å². The molecule has 0 aromatic heterocycles. The molecule has 1 N–H and O–H groups in total. The van der Waals surface area contributed by atoms with Gasteiger partial charge in [-0.1, -0.05) is 13.8 Å². The number of nitrogens with one attached hydrogen (secondary N) is 1. The van der Waals surface area contributed by atoms with Crippen molar-refractivity contribution in [2.45, 2.75) is 25.7 Å². The zero-order valence-electron chi connectivity index (χ0n) is 14.7. The highest BCUT2D eigenvalue weighted by atomic mass is 32.2. The molecule has 1 heterocycles. The van der Waals surface area contributed by atoms with Crippen LogP contribution in [-0.4, -0.2) is 36.3 Å². The zero-order valence-corrected chi connectivity index (χ0v) is 16.3. The number of quaternary nitrogens is 1. The molecule has 0 amide bonds. The molecule has 8 heteroatoms. The predicted octanol–water partition coefficient (Wildman–Crippen LogP) is 4.24. The summed E-state index contributed by atoms with van der Waals surface area (Å²) >= 11 is 6.37. The SMILES string of the molecule is CC[N+]1(COC(=S)NC)C=NC(C(C)C)=C1Sc1cc(F)cc(F)c1. The Kier molecular flexibility index (Phi) is 6.53. The van der Waals surface area contributed by atoms with E-state index >= 15 is 0 Å². The highest BCUT2D eigenvalue weighted by Crippen LogP contribution is 2.41. The molecule has 0 aliphatic carbocycles. The lowest BCUT2D eigenvalue weighted by atomic mass is 10.1. The molecule has 2 rings (SSSR count). The molecule has 4 nitrogen and oxygen atoms in total. The lowest BCUT2D eigenvalue weighted by Crippen LogP contribution is -2.46. The third kappa shape index (κ3) is 4.56. The molecular formula is C17H22F2N3OS2+. The summed E-state index contributed by atoms with van der Waals surface area (Å²) < 4.78 is 33.1. The van der Waals surface area contributed by atoms with E-state index in [1.54, 1.807) is 7.05 Å². The van der Waals surface area contributed by atoms with Gasteiger partial charge in [0.1, 0.15) is 17.3 Å². The first-order chi connectivity index (χ1) is 11.8. The number of thiocarbonyl (C=S) groups is 1. The Labute approximate surface area is 156 Å². The van der Waals surface area contributed by atoms with E-state index in [9.17, 15) is 8.78 Å². The maximum absolute atomic E-state index is 13.6. The van der Waals surface area contributed by atoms with Crippen LogP contribution in [-0.2, 0) is 4.74 Å². The number of allylic oxidation sites excluding steroid dienone is 1. The molecular weight excluding hydrogens is 364 g/mol. The summed E-state index contributed by atoms with van der Waals surface area (Å²) in [4.78, 5) is 5.05. The smallest absolute Gasteiger partial charge is 0.260 e. The lowest BCUT2D eigenvalue weighted by molar-refractivity contribution is -0.803. The first-order valence-electron chi connectivity index (χ1n) is 7.96. The highest BCUT2D eigenvalue weighted by molar-refractivity contribution is 8.02. The van der Waals surface area contributed by atoms with Crippen molar-refractivity contribution in [3.8, 4) is 0 Å². The van der Waals surface area contributed by atoms with E-state index in [1.165, 1.54) is 23.9 Å². The van der Waals surface area contributed by atoms with Crippen molar-refractivity contribution in [2.24, 2.45) is 10.9 Å². The van der Waals surface area contributed by atoms with Crippen molar-refractivity contribution in [3.05, 3.63) is 40.6 Å². The Morgan fingerprint density at radius 1 is 1.32 bits per heavy atom. The molecule has 0 saturated heterocycles. The topological polar surface area (TPSA) is 33.6 Å². The molecule has 0 radical (unpaired) electrons. The maximum Gasteiger partial charge on any atom is 0.260 e. The van der Waals surface area contributed by atoms with Gasteiger partial charge in [0.25, 0.3) is 5.17 Å². The molecule has 0 spiro atoms.